The maximum atomic E-state index is 13.1. The van der Waals surface area contributed by atoms with Crippen LogP contribution in [0.5, 0.6) is 0 Å². The lowest BCUT2D eigenvalue weighted by Crippen LogP contribution is -2.26. The van der Waals surface area contributed by atoms with Gasteiger partial charge in [0.25, 0.3) is 0 Å². The number of hydrogen-bond acceptors (Lipinski definition) is 5. The van der Waals surface area contributed by atoms with Gasteiger partial charge in [-0.1, -0.05) is 0 Å². The summed E-state index contributed by atoms with van der Waals surface area (Å²) in [5.41, 5.74) is -0.0717. The number of anilines is 2. The third-order valence-corrected chi connectivity index (χ3v) is 3.25. The van der Waals surface area contributed by atoms with E-state index in [1.54, 1.807) is 36.9 Å². The average Bonchev–Trinajstić information content (AvgIpc) is 2.88. The van der Waals surface area contributed by atoms with Crippen LogP contribution in [0.1, 0.15) is 18.2 Å². The van der Waals surface area contributed by atoms with Gasteiger partial charge in [-0.3, -0.25) is 4.68 Å². The normalized spacial score (nSPS) is 11.6. The van der Waals surface area contributed by atoms with Gasteiger partial charge in [-0.15, -0.1) is 0 Å². The van der Waals surface area contributed by atoms with Crippen LogP contribution in [-0.2, 0) is 19.8 Å². The minimum Gasteiger partial charge on any atom is -0.363 e. The summed E-state index contributed by atoms with van der Waals surface area (Å²) in [7, 11) is 5.07. The molecule has 0 saturated heterocycles. The van der Waals surface area contributed by atoms with Gasteiger partial charge in [0.05, 0.1) is 6.20 Å². The fourth-order valence-electron chi connectivity index (χ4n) is 2.04. The molecule has 6 nitrogen and oxygen atoms in total. The Labute approximate surface area is 132 Å². The van der Waals surface area contributed by atoms with Crippen molar-refractivity contribution in [1.29, 1.82) is 0 Å². The van der Waals surface area contributed by atoms with Crippen LogP contribution in [0.4, 0.5) is 24.9 Å². The Morgan fingerprint density at radius 1 is 1.22 bits per heavy atom. The van der Waals surface area contributed by atoms with E-state index in [4.69, 9.17) is 0 Å². The van der Waals surface area contributed by atoms with Gasteiger partial charge in [0.1, 0.15) is 5.82 Å². The lowest BCUT2D eigenvalue weighted by Gasteiger charge is -2.23. The van der Waals surface area contributed by atoms with Crippen molar-refractivity contribution in [3.05, 3.63) is 29.7 Å². The lowest BCUT2D eigenvalue weighted by atomic mass is 10.3. The Morgan fingerprint density at radius 2 is 1.91 bits per heavy atom. The van der Waals surface area contributed by atoms with E-state index in [0.717, 1.165) is 11.6 Å². The van der Waals surface area contributed by atoms with Crippen LogP contribution >= 0.6 is 0 Å². The van der Waals surface area contributed by atoms with Crippen molar-refractivity contribution in [2.45, 2.75) is 19.6 Å². The summed E-state index contributed by atoms with van der Waals surface area (Å²) in [5.74, 6) is 0.266. The van der Waals surface area contributed by atoms with E-state index >= 15 is 0 Å². The van der Waals surface area contributed by atoms with Crippen molar-refractivity contribution in [2.75, 3.05) is 30.4 Å². The van der Waals surface area contributed by atoms with Crippen molar-refractivity contribution in [3.63, 3.8) is 0 Å². The zero-order valence-electron chi connectivity index (χ0n) is 13.5. The Hall–Kier alpha value is -2.32. The van der Waals surface area contributed by atoms with Crippen LogP contribution in [0.25, 0.3) is 0 Å². The first-order valence-corrected chi connectivity index (χ1v) is 7.06. The van der Waals surface area contributed by atoms with Crippen LogP contribution in [0.15, 0.2) is 18.5 Å². The first kappa shape index (κ1) is 17.0. The second kappa shape index (κ2) is 6.43. The molecule has 23 heavy (non-hydrogen) atoms. The minimum atomic E-state index is -4.52. The minimum absolute atomic E-state index is 0.0508. The third kappa shape index (κ3) is 4.11. The Balaban J connectivity index is 2.40. The van der Waals surface area contributed by atoms with Crippen LogP contribution in [0.2, 0.25) is 0 Å². The van der Waals surface area contributed by atoms with Gasteiger partial charge in [-0.25, -0.2) is 4.98 Å². The monoisotopic (exact) mass is 328 g/mol. The van der Waals surface area contributed by atoms with E-state index in [2.05, 4.69) is 15.1 Å². The van der Waals surface area contributed by atoms with Crippen molar-refractivity contribution >= 4 is 11.8 Å². The molecule has 0 aliphatic rings. The topological polar surface area (TPSA) is 50.1 Å². The van der Waals surface area contributed by atoms with Gasteiger partial charge in [0, 0.05) is 52.1 Å². The largest absolute Gasteiger partial charge is 0.433 e. The van der Waals surface area contributed by atoms with E-state index in [1.807, 2.05) is 13.1 Å². The highest BCUT2D eigenvalue weighted by atomic mass is 19.4. The maximum Gasteiger partial charge on any atom is 0.433 e. The molecule has 2 aromatic heterocycles. The molecule has 0 aromatic carbocycles. The lowest BCUT2D eigenvalue weighted by molar-refractivity contribution is -0.141. The maximum absolute atomic E-state index is 13.1. The predicted molar refractivity (Wildman–Crippen MR) is 81.3 cm³/mol. The molecule has 126 valence electrons. The zero-order valence-corrected chi connectivity index (χ0v) is 13.5. The summed E-state index contributed by atoms with van der Waals surface area (Å²) in [6.45, 7) is 2.71. The van der Waals surface area contributed by atoms with Gasteiger partial charge in [-0.05, 0) is 6.92 Å². The molecule has 2 heterocycles. The van der Waals surface area contributed by atoms with Crippen LogP contribution in [0.3, 0.4) is 0 Å². The quantitative estimate of drug-likeness (QED) is 0.843. The highest BCUT2D eigenvalue weighted by molar-refractivity contribution is 5.45. The first-order chi connectivity index (χ1) is 10.7. The SMILES string of the molecule is CCN(Cc1cnn(C)c1)c1nc(N(C)C)cc(C(F)(F)F)n1. The van der Waals surface area contributed by atoms with E-state index in [9.17, 15) is 13.2 Å². The molecule has 0 N–H and O–H groups in total. The molecule has 0 bridgehead atoms. The predicted octanol–water partition coefficient (Wildman–Crippen LogP) is 2.32. The molecule has 0 amide bonds. The number of halogens is 3. The standard InChI is InChI=1S/C14H19F3N6/c1-5-23(9-10-7-18-22(4)8-10)13-19-11(14(15,16)17)6-12(20-13)21(2)3/h6-8H,5,9H2,1-4H3. The van der Waals surface area contributed by atoms with E-state index in [-0.39, 0.29) is 11.8 Å². The highest BCUT2D eigenvalue weighted by Gasteiger charge is 2.34. The molecular weight excluding hydrogens is 309 g/mol. The van der Waals surface area contributed by atoms with Crippen molar-refractivity contribution < 1.29 is 13.2 Å². The van der Waals surface area contributed by atoms with Crippen molar-refractivity contribution in [3.8, 4) is 0 Å². The number of aryl methyl sites for hydroxylation is 1. The van der Waals surface area contributed by atoms with Crippen molar-refractivity contribution in [2.24, 2.45) is 7.05 Å². The summed E-state index contributed by atoms with van der Waals surface area (Å²) >= 11 is 0. The van der Waals surface area contributed by atoms with Crippen LogP contribution in [0, 0.1) is 0 Å². The van der Waals surface area contributed by atoms with E-state index in [1.165, 1.54) is 4.90 Å². The Kier molecular flexibility index (Phi) is 4.76. The second-order valence-electron chi connectivity index (χ2n) is 5.34. The molecular formula is C14H19F3N6. The number of hydrogen-bond donors (Lipinski definition) is 0. The number of aromatic nitrogens is 4. The molecule has 0 saturated carbocycles. The van der Waals surface area contributed by atoms with E-state index in [0.29, 0.717) is 13.1 Å². The molecule has 0 atom stereocenters. The first-order valence-electron chi connectivity index (χ1n) is 7.06. The molecule has 0 fully saturated rings. The molecule has 9 heteroatoms. The summed E-state index contributed by atoms with van der Waals surface area (Å²) in [6, 6.07) is 0.946. The fraction of sp³-hybridized carbons (Fsp3) is 0.500. The Morgan fingerprint density at radius 3 is 2.39 bits per heavy atom. The van der Waals surface area contributed by atoms with Crippen LogP contribution < -0.4 is 9.80 Å². The molecule has 0 radical (unpaired) electrons. The van der Waals surface area contributed by atoms with Crippen molar-refractivity contribution in [1.82, 2.24) is 19.7 Å². The number of nitrogens with zero attached hydrogens (tertiary/aromatic N) is 6. The number of rotatable bonds is 5. The second-order valence-corrected chi connectivity index (χ2v) is 5.34. The van der Waals surface area contributed by atoms with Gasteiger partial charge in [-0.2, -0.15) is 23.3 Å². The average molecular weight is 328 g/mol. The summed E-state index contributed by atoms with van der Waals surface area (Å²) < 4.78 is 40.8. The molecule has 0 spiro atoms. The van der Waals surface area contributed by atoms with Gasteiger partial charge in [0.2, 0.25) is 5.95 Å². The summed E-state index contributed by atoms with van der Waals surface area (Å²) in [6.07, 6.45) is -1.04. The van der Waals surface area contributed by atoms with E-state index < -0.39 is 11.9 Å². The highest BCUT2D eigenvalue weighted by Crippen LogP contribution is 2.31. The number of alkyl halides is 3. The van der Waals surface area contributed by atoms with Gasteiger partial charge in [0.15, 0.2) is 5.69 Å². The van der Waals surface area contributed by atoms with Crippen LogP contribution in [-0.4, -0.2) is 40.4 Å². The van der Waals surface area contributed by atoms with Gasteiger partial charge >= 0.3 is 6.18 Å². The molecule has 2 rings (SSSR count). The third-order valence-electron chi connectivity index (χ3n) is 3.25. The molecule has 2 aromatic rings. The fourth-order valence-corrected chi connectivity index (χ4v) is 2.04. The molecule has 0 unspecified atom stereocenters. The Bertz CT molecular complexity index is 665. The molecule has 0 aliphatic heterocycles. The smallest absolute Gasteiger partial charge is 0.363 e. The summed E-state index contributed by atoms with van der Waals surface area (Å²) in [4.78, 5) is 11.1. The zero-order chi connectivity index (χ0) is 17.2. The molecule has 0 aliphatic carbocycles. The summed E-state index contributed by atoms with van der Waals surface area (Å²) in [5, 5.41) is 4.06. The van der Waals surface area contributed by atoms with Gasteiger partial charge < -0.3 is 9.80 Å².